The summed E-state index contributed by atoms with van der Waals surface area (Å²) >= 11 is 0. The second kappa shape index (κ2) is 23.0. The maximum Gasteiger partial charge on any atom is 0.237 e. The maximum absolute atomic E-state index is 5.99. The minimum atomic E-state index is -3.14. The largest absolute Gasteiger partial charge is 0.309 e. The fourth-order valence-corrected chi connectivity index (χ4v) is 25.3. The average molecular weight is 1240 g/mol. The topological polar surface area (TPSA) is 40.6 Å². The molecule has 0 atom stereocenters. The van der Waals surface area contributed by atoms with E-state index in [1.807, 2.05) is 0 Å². The molecule has 0 radical (unpaired) electrons. The van der Waals surface area contributed by atoms with E-state index in [2.05, 4.69) is 384 Å². The van der Waals surface area contributed by atoms with E-state index in [0.29, 0.717) is 5.95 Å². The van der Waals surface area contributed by atoms with Gasteiger partial charge in [0, 0.05) is 49.6 Å². The fourth-order valence-electron chi connectivity index (χ4n) is 15.7. The summed E-state index contributed by atoms with van der Waals surface area (Å²) in [7, 11) is -6.08. The molecule has 0 saturated heterocycles. The van der Waals surface area contributed by atoms with Crippen LogP contribution in [0.4, 0.5) is 0 Å². The lowest BCUT2D eigenvalue weighted by atomic mass is 10.1. The van der Waals surface area contributed by atoms with Crippen LogP contribution in [0.25, 0.3) is 105 Å². The fraction of sp³-hybridized carbons (Fsp3) is 0. The molecule has 18 aromatic rings. The van der Waals surface area contributed by atoms with Crippen LogP contribution >= 0.6 is 0 Å². The van der Waals surface area contributed by atoms with Gasteiger partial charge in [-0.3, -0.25) is 9.13 Å². The molecule has 4 heterocycles. The first kappa shape index (κ1) is 55.8. The Labute approximate surface area is 553 Å². The lowest BCUT2D eigenvalue weighted by Gasteiger charge is -2.35. The molecule has 0 aliphatic carbocycles. The number of nitrogens with zero attached hydrogens (tertiary/aromatic N) is 5. The van der Waals surface area contributed by atoms with Crippen molar-refractivity contribution < 1.29 is 0 Å². The van der Waals surface area contributed by atoms with Crippen molar-refractivity contribution in [2.75, 3.05) is 0 Å². The van der Waals surface area contributed by atoms with Crippen molar-refractivity contribution in [1.29, 1.82) is 0 Å². The number of aromatic nitrogens is 5. The third kappa shape index (κ3) is 8.89. The first-order valence-corrected chi connectivity index (χ1v) is 36.6. The van der Waals surface area contributed by atoms with E-state index in [1.54, 1.807) is 0 Å². The minimum absolute atomic E-state index is 0.578. The van der Waals surface area contributed by atoms with Crippen molar-refractivity contribution in [3.05, 3.63) is 370 Å². The van der Waals surface area contributed by atoms with Gasteiger partial charge in [-0.1, -0.05) is 322 Å². The average Bonchev–Trinajstić information content (AvgIpc) is 1.63. The lowest BCUT2D eigenvalue weighted by molar-refractivity contribution is 0.953. The summed E-state index contributed by atoms with van der Waals surface area (Å²) in [6.45, 7) is 0. The van der Waals surface area contributed by atoms with Crippen molar-refractivity contribution in [2.24, 2.45) is 0 Å². The molecule has 5 nitrogen and oxygen atoms in total. The van der Waals surface area contributed by atoms with E-state index in [4.69, 9.17) is 9.97 Å². The van der Waals surface area contributed by atoms with Crippen molar-refractivity contribution in [1.82, 2.24) is 23.7 Å². The molecule has 0 spiro atoms. The third-order valence-electron chi connectivity index (χ3n) is 19.7. The summed E-state index contributed by atoms with van der Waals surface area (Å²) < 4.78 is 7.17. The molecular formula is C88H61N5Si2. The van der Waals surface area contributed by atoms with Crippen LogP contribution in [-0.2, 0) is 0 Å². The summed E-state index contributed by atoms with van der Waals surface area (Å²) in [5.74, 6) is 1.34. The summed E-state index contributed by atoms with van der Waals surface area (Å²) in [6, 6.07) is 137. The standard InChI is InChI=1S/C88H61N5Si2/c1-8-30-62(31-9-1)63-32-28-46-71(58-63)95(69-42-18-6-19-43-69,70-44-20-7-21-45-70)72-47-29-33-64(59-72)79-61-85(90-88(89-79)93-81-52-26-22-48-74(81)76-55-57-84-86(87(76)93)77-50-24-27-53-82(77)91(84)65-34-10-2-11-35-65)92-80-51-25-23-49-75(80)78-60-73(54-56-83(78)92)94(66-36-12-3-13-37-66,67-38-14-4-15-39-67)68-40-16-5-17-41-68/h1-61H. The van der Waals surface area contributed by atoms with Gasteiger partial charge in [0.25, 0.3) is 0 Å². The van der Waals surface area contributed by atoms with Crippen LogP contribution in [0.2, 0.25) is 0 Å². The highest BCUT2D eigenvalue weighted by molar-refractivity contribution is 7.20. The van der Waals surface area contributed by atoms with Gasteiger partial charge < -0.3 is 4.57 Å². The minimum Gasteiger partial charge on any atom is -0.309 e. The zero-order valence-electron chi connectivity index (χ0n) is 52.0. The summed E-state index contributed by atoms with van der Waals surface area (Å²) in [6.07, 6.45) is 0. The molecule has 0 amide bonds. The van der Waals surface area contributed by atoms with E-state index in [0.717, 1.165) is 88.2 Å². The van der Waals surface area contributed by atoms with Crippen molar-refractivity contribution in [2.45, 2.75) is 0 Å². The Morgan fingerprint density at radius 1 is 0.221 bits per heavy atom. The van der Waals surface area contributed by atoms with Gasteiger partial charge >= 0.3 is 0 Å². The molecule has 0 fully saturated rings. The predicted molar refractivity (Wildman–Crippen MR) is 403 cm³/mol. The molecule has 18 rings (SSSR count). The molecule has 0 aliphatic heterocycles. The Bertz CT molecular complexity index is 5760. The number of hydrogen-bond acceptors (Lipinski definition) is 2. The molecule has 95 heavy (non-hydrogen) atoms. The van der Waals surface area contributed by atoms with Crippen LogP contribution in [-0.4, -0.2) is 39.8 Å². The molecule has 0 saturated carbocycles. The highest BCUT2D eigenvalue weighted by atomic mass is 28.3. The zero-order valence-corrected chi connectivity index (χ0v) is 54.0. The van der Waals surface area contributed by atoms with E-state index < -0.39 is 16.1 Å². The Morgan fingerprint density at radius 2 is 0.611 bits per heavy atom. The van der Waals surface area contributed by atoms with E-state index in [1.165, 1.54) is 52.6 Å². The first-order chi connectivity index (χ1) is 47.1. The first-order valence-electron chi connectivity index (χ1n) is 32.6. The number of fused-ring (bicyclic) bond motifs is 10. The Morgan fingerprint density at radius 3 is 1.17 bits per heavy atom. The van der Waals surface area contributed by atoms with Gasteiger partial charge in [-0.05, 0) is 95.1 Å². The molecule has 0 N–H and O–H groups in total. The summed E-state index contributed by atoms with van der Waals surface area (Å²) in [5, 5.41) is 17.3. The summed E-state index contributed by atoms with van der Waals surface area (Å²) in [4.78, 5) is 12.0. The van der Waals surface area contributed by atoms with Gasteiger partial charge in [0.05, 0.1) is 38.8 Å². The van der Waals surface area contributed by atoms with Crippen LogP contribution < -0.4 is 41.5 Å². The highest BCUT2D eigenvalue weighted by Crippen LogP contribution is 2.43. The Balaban J connectivity index is 0.940. The number of para-hydroxylation sites is 4. The highest BCUT2D eigenvalue weighted by Gasteiger charge is 2.43. The monoisotopic (exact) mass is 1240 g/mol. The Kier molecular flexibility index (Phi) is 13.5. The number of rotatable bonds is 13. The lowest BCUT2D eigenvalue weighted by Crippen LogP contribution is -2.74. The molecule has 446 valence electrons. The second-order valence-corrected chi connectivity index (χ2v) is 32.4. The molecule has 14 aromatic carbocycles. The Hall–Kier alpha value is -12.0. The number of benzene rings is 14. The van der Waals surface area contributed by atoms with Crippen LogP contribution in [0.3, 0.4) is 0 Å². The van der Waals surface area contributed by atoms with Crippen molar-refractivity contribution >= 4 is 123 Å². The van der Waals surface area contributed by atoms with Gasteiger partial charge in [0.1, 0.15) is 5.82 Å². The maximum atomic E-state index is 5.99. The molecule has 0 unspecified atom stereocenters. The van der Waals surface area contributed by atoms with Gasteiger partial charge in [-0.2, -0.15) is 4.98 Å². The third-order valence-corrected chi connectivity index (χ3v) is 29.3. The molecule has 0 aliphatic rings. The van der Waals surface area contributed by atoms with Gasteiger partial charge in [0.2, 0.25) is 5.95 Å². The smallest absolute Gasteiger partial charge is 0.237 e. The van der Waals surface area contributed by atoms with E-state index in [9.17, 15) is 0 Å². The normalized spacial score (nSPS) is 12.0. The van der Waals surface area contributed by atoms with Gasteiger partial charge in [-0.25, -0.2) is 4.98 Å². The van der Waals surface area contributed by atoms with Crippen LogP contribution in [0.5, 0.6) is 0 Å². The quantitative estimate of drug-likeness (QED) is 0.0853. The van der Waals surface area contributed by atoms with Gasteiger partial charge in [0.15, 0.2) is 16.1 Å². The van der Waals surface area contributed by atoms with E-state index >= 15 is 0 Å². The second-order valence-electron chi connectivity index (χ2n) is 24.8. The predicted octanol–water partition coefficient (Wildman–Crippen LogP) is 15.9. The summed E-state index contributed by atoms with van der Waals surface area (Å²) in [5.41, 5.74) is 11.7. The SMILES string of the molecule is c1ccc(-c2cccc([Si](c3ccccc3)(c3ccccc3)c3cccc(-c4cc(-n5c6ccccc6c6cc([Si](c7ccccc7)(c7ccccc7)c7ccccc7)ccc65)nc(-n5c6ccccc6c6ccc7c(c8ccccc8n7-c7ccccc7)c65)n4)c3)c2)cc1. The number of hydrogen-bond donors (Lipinski definition) is 0. The van der Waals surface area contributed by atoms with Crippen molar-refractivity contribution in [3.8, 4) is 39.8 Å². The van der Waals surface area contributed by atoms with Gasteiger partial charge in [-0.15, -0.1) is 0 Å². The zero-order chi connectivity index (χ0) is 62.9. The molecule has 7 heteroatoms. The van der Waals surface area contributed by atoms with E-state index in [-0.39, 0.29) is 0 Å². The van der Waals surface area contributed by atoms with Crippen LogP contribution in [0.1, 0.15) is 0 Å². The van der Waals surface area contributed by atoms with Crippen molar-refractivity contribution in [3.63, 3.8) is 0 Å². The molecule has 4 aromatic heterocycles. The van der Waals surface area contributed by atoms with Crippen LogP contribution in [0, 0.1) is 0 Å². The molecular weight excluding hydrogens is 1180 g/mol. The molecule has 0 bridgehead atoms. The van der Waals surface area contributed by atoms with Crippen LogP contribution in [0.15, 0.2) is 370 Å².